The van der Waals surface area contributed by atoms with Crippen LogP contribution >= 0.6 is 0 Å². The summed E-state index contributed by atoms with van der Waals surface area (Å²) in [5.41, 5.74) is 0. The van der Waals surface area contributed by atoms with Gasteiger partial charge in [0.1, 0.15) is 0 Å². The van der Waals surface area contributed by atoms with E-state index in [1.165, 1.54) is 19.3 Å². The monoisotopic (exact) mass is 155 g/mol. The Morgan fingerprint density at radius 1 is 1.36 bits per heavy atom. The summed E-state index contributed by atoms with van der Waals surface area (Å²) >= 11 is 0. The highest BCUT2D eigenvalue weighted by Crippen LogP contribution is 2.10. The van der Waals surface area contributed by atoms with E-state index in [4.69, 9.17) is 5.11 Å². The third-order valence-corrected chi connectivity index (χ3v) is 1.81. The van der Waals surface area contributed by atoms with Gasteiger partial charge in [0.2, 0.25) is 0 Å². The molecule has 1 aliphatic rings. The predicted molar refractivity (Wildman–Crippen MR) is 40.9 cm³/mol. The van der Waals surface area contributed by atoms with Crippen LogP contribution in [0.4, 0.5) is 0 Å². The van der Waals surface area contributed by atoms with Gasteiger partial charge in [0.25, 0.3) is 0 Å². The van der Waals surface area contributed by atoms with Gasteiger partial charge in [-0.15, -0.1) is 0 Å². The lowest BCUT2D eigenvalue weighted by molar-refractivity contribution is -0.136. The van der Waals surface area contributed by atoms with Crippen LogP contribution in [-0.4, -0.2) is 29.1 Å². The fourth-order valence-electron chi connectivity index (χ4n) is 1.23. The number of hydrogen-bond donors (Lipinski definition) is 1. The Hall–Kier alpha value is -0.570. The molecule has 1 heterocycles. The fraction of sp³-hybridized carbons (Fsp3) is 0.750. The number of carboxylic acids is 1. The molecule has 0 bridgehead atoms. The van der Waals surface area contributed by atoms with Crippen molar-refractivity contribution < 1.29 is 9.90 Å². The molecule has 0 spiro atoms. The molecule has 1 saturated heterocycles. The lowest BCUT2D eigenvalue weighted by atomic mass is 10.1. The van der Waals surface area contributed by atoms with Crippen LogP contribution in [0.2, 0.25) is 0 Å². The van der Waals surface area contributed by atoms with Gasteiger partial charge in [-0.1, -0.05) is 6.42 Å². The lowest BCUT2D eigenvalue weighted by Gasteiger charge is -2.24. The van der Waals surface area contributed by atoms with Crippen LogP contribution in [-0.2, 0) is 4.79 Å². The third kappa shape index (κ3) is 3.37. The molecule has 2 radical (unpaired) electrons. The number of likely N-dealkylation sites (tertiary alicyclic amines) is 1. The van der Waals surface area contributed by atoms with Gasteiger partial charge in [-0.25, -0.2) is 0 Å². The molecule has 62 valence electrons. The Balaban J connectivity index is 2.09. The second-order valence-corrected chi connectivity index (χ2v) is 2.78. The number of hydrogen-bond acceptors (Lipinski definition) is 2. The number of rotatable bonds is 3. The van der Waals surface area contributed by atoms with E-state index in [-0.39, 0.29) is 6.42 Å². The Morgan fingerprint density at radius 2 is 2.00 bits per heavy atom. The van der Waals surface area contributed by atoms with E-state index < -0.39 is 5.97 Å². The second-order valence-electron chi connectivity index (χ2n) is 2.78. The molecule has 3 nitrogen and oxygen atoms in total. The molecule has 0 atom stereocenters. The van der Waals surface area contributed by atoms with E-state index in [1.54, 1.807) is 0 Å². The SMILES string of the molecule is O=C(O)C[C]N1CCCCC1. The minimum absolute atomic E-state index is 0.0417. The average Bonchev–Trinajstić information content (AvgIpc) is 2.03. The van der Waals surface area contributed by atoms with Crippen LogP contribution in [0.15, 0.2) is 0 Å². The minimum Gasteiger partial charge on any atom is -0.481 e. The molecule has 0 aromatic heterocycles. The number of carboxylic acid groups (broad SMARTS) is 1. The summed E-state index contributed by atoms with van der Waals surface area (Å²) in [6.07, 6.45) is 3.66. The zero-order valence-electron chi connectivity index (χ0n) is 6.55. The van der Waals surface area contributed by atoms with Crippen molar-refractivity contribution in [2.75, 3.05) is 13.1 Å². The smallest absolute Gasteiger partial charge is 0.305 e. The standard InChI is InChI=1S/C8H13NO2/c10-8(11)4-7-9-5-2-1-3-6-9/h1-6H2,(H,10,11). The maximum Gasteiger partial charge on any atom is 0.305 e. The highest BCUT2D eigenvalue weighted by Gasteiger charge is 2.11. The summed E-state index contributed by atoms with van der Waals surface area (Å²) in [5.74, 6) is -0.796. The van der Waals surface area contributed by atoms with Crippen molar-refractivity contribution in [3.63, 3.8) is 0 Å². The maximum atomic E-state index is 10.2. The third-order valence-electron chi connectivity index (χ3n) is 1.81. The van der Waals surface area contributed by atoms with Crippen LogP contribution < -0.4 is 0 Å². The largest absolute Gasteiger partial charge is 0.481 e. The van der Waals surface area contributed by atoms with Crippen molar-refractivity contribution in [1.29, 1.82) is 0 Å². The number of nitrogens with zero attached hydrogens (tertiary/aromatic N) is 1. The first kappa shape index (κ1) is 8.53. The van der Waals surface area contributed by atoms with Gasteiger partial charge in [-0.2, -0.15) is 0 Å². The molecule has 0 aromatic rings. The molecule has 0 aliphatic carbocycles. The first-order valence-corrected chi connectivity index (χ1v) is 3.99. The Morgan fingerprint density at radius 3 is 2.55 bits per heavy atom. The van der Waals surface area contributed by atoms with Crippen LogP contribution in [0.3, 0.4) is 0 Å². The van der Waals surface area contributed by atoms with Crippen molar-refractivity contribution in [3.8, 4) is 0 Å². The van der Waals surface area contributed by atoms with Crippen LogP contribution in [0.25, 0.3) is 0 Å². The van der Waals surface area contributed by atoms with E-state index in [9.17, 15) is 4.79 Å². The average molecular weight is 155 g/mol. The van der Waals surface area contributed by atoms with E-state index in [2.05, 4.69) is 6.54 Å². The molecular formula is C8H13NO2. The van der Waals surface area contributed by atoms with Gasteiger partial charge in [-0.3, -0.25) is 9.69 Å². The minimum atomic E-state index is -0.796. The van der Waals surface area contributed by atoms with Gasteiger partial charge in [0.05, 0.1) is 13.0 Å². The molecule has 11 heavy (non-hydrogen) atoms. The molecule has 3 heteroatoms. The Kier molecular flexibility index (Phi) is 3.36. The van der Waals surface area contributed by atoms with E-state index in [0.717, 1.165) is 13.1 Å². The Bertz CT molecular complexity index is 130. The first-order valence-electron chi connectivity index (χ1n) is 3.99. The predicted octanol–water partition coefficient (Wildman–Crippen LogP) is 0.986. The maximum absolute atomic E-state index is 10.2. The van der Waals surface area contributed by atoms with Gasteiger partial charge in [-0.05, 0) is 25.9 Å². The number of carbonyl (C=O) groups is 1. The summed E-state index contributed by atoms with van der Waals surface area (Å²) in [6.45, 7) is 4.81. The normalized spacial score (nSPS) is 20.0. The topological polar surface area (TPSA) is 40.5 Å². The van der Waals surface area contributed by atoms with Crippen molar-refractivity contribution in [3.05, 3.63) is 6.54 Å². The highest BCUT2D eigenvalue weighted by atomic mass is 16.4. The second kappa shape index (κ2) is 4.34. The Labute approximate surface area is 67.0 Å². The molecule has 1 N–H and O–H groups in total. The zero-order valence-corrected chi connectivity index (χ0v) is 6.55. The van der Waals surface area contributed by atoms with Gasteiger partial charge >= 0.3 is 5.97 Å². The van der Waals surface area contributed by atoms with Crippen LogP contribution in [0.5, 0.6) is 0 Å². The fourth-order valence-corrected chi connectivity index (χ4v) is 1.23. The van der Waals surface area contributed by atoms with E-state index in [0.29, 0.717) is 0 Å². The quantitative estimate of drug-likeness (QED) is 0.660. The number of piperidine rings is 1. The van der Waals surface area contributed by atoms with Crippen LogP contribution in [0.1, 0.15) is 25.7 Å². The van der Waals surface area contributed by atoms with Gasteiger partial charge in [0, 0.05) is 0 Å². The van der Waals surface area contributed by atoms with Crippen LogP contribution in [0, 0.1) is 6.54 Å². The molecule has 0 saturated carbocycles. The summed E-state index contributed by atoms with van der Waals surface area (Å²) in [4.78, 5) is 12.1. The van der Waals surface area contributed by atoms with E-state index >= 15 is 0 Å². The van der Waals surface area contributed by atoms with E-state index in [1.807, 2.05) is 4.90 Å². The summed E-state index contributed by atoms with van der Waals surface area (Å²) < 4.78 is 0. The molecule has 0 amide bonds. The van der Waals surface area contributed by atoms with Gasteiger partial charge < -0.3 is 5.11 Å². The van der Waals surface area contributed by atoms with Crippen molar-refractivity contribution in [1.82, 2.24) is 4.90 Å². The van der Waals surface area contributed by atoms with Crippen molar-refractivity contribution in [2.24, 2.45) is 0 Å². The van der Waals surface area contributed by atoms with Gasteiger partial charge in [0.15, 0.2) is 0 Å². The summed E-state index contributed by atoms with van der Waals surface area (Å²) in [7, 11) is 0. The molecule has 0 unspecified atom stereocenters. The molecule has 1 fully saturated rings. The summed E-state index contributed by atoms with van der Waals surface area (Å²) in [6, 6.07) is 0. The molecule has 0 aromatic carbocycles. The molecule has 1 aliphatic heterocycles. The molecular weight excluding hydrogens is 142 g/mol. The number of aliphatic carboxylic acids is 1. The zero-order chi connectivity index (χ0) is 8.10. The van der Waals surface area contributed by atoms with Crippen molar-refractivity contribution >= 4 is 5.97 Å². The molecule has 1 rings (SSSR count). The lowest BCUT2D eigenvalue weighted by Crippen LogP contribution is -2.28. The van der Waals surface area contributed by atoms with Crippen molar-refractivity contribution in [2.45, 2.75) is 25.7 Å². The summed E-state index contributed by atoms with van der Waals surface area (Å²) in [5, 5.41) is 8.35. The highest BCUT2D eigenvalue weighted by molar-refractivity contribution is 5.67. The first-order chi connectivity index (χ1) is 5.29.